The number of aryl methyl sites for hydroxylation is 1. The van der Waals surface area contributed by atoms with E-state index in [1.165, 1.54) is 11.3 Å². The summed E-state index contributed by atoms with van der Waals surface area (Å²) < 4.78 is 0. The Labute approximate surface area is 116 Å². The topological polar surface area (TPSA) is 62.2 Å². The van der Waals surface area contributed by atoms with Gasteiger partial charge in [-0.25, -0.2) is 4.98 Å². The van der Waals surface area contributed by atoms with Gasteiger partial charge in [0.2, 0.25) is 0 Å². The summed E-state index contributed by atoms with van der Waals surface area (Å²) in [6.07, 6.45) is 0.185. The lowest BCUT2D eigenvalue weighted by Crippen LogP contribution is -2.14. The average Bonchev–Trinajstić information content (AvgIpc) is 2.87. The second-order valence-corrected chi connectivity index (χ2v) is 5.08. The van der Waals surface area contributed by atoms with E-state index in [1.807, 2.05) is 25.1 Å². The second kappa shape index (κ2) is 5.95. The zero-order chi connectivity index (χ0) is 13.8. The summed E-state index contributed by atoms with van der Waals surface area (Å²) in [6, 6.07) is 7.51. The highest BCUT2D eigenvalue weighted by Gasteiger charge is 2.13. The van der Waals surface area contributed by atoms with E-state index < -0.39 is 6.10 Å². The van der Waals surface area contributed by atoms with Gasteiger partial charge in [-0.1, -0.05) is 25.1 Å². The third kappa shape index (κ3) is 3.19. The fourth-order valence-electron chi connectivity index (χ4n) is 1.75. The number of hydrogen-bond acceptors (Lipinski definition) is 4. The van der Waals surface area contributed by atoms with Crippen molar-refractivity contribution in [2.45, 2.75) is 26.4 Å². The van der Waals surface area contributed by atoms with Crippen LogP contribution in [0.3, 0.4) is 0 Å². The molecule has 19 heavy (non-hydrogen) atoms. The van der Waals surface area contributed by atoms with Crippen LogP contribution in [0.5, 0.6) is 0 Å². The molecule has 4 nitrogen and oxygen atoms in total. The Morgan fingerprint density at radius 2 is 2.21 bits per heavy atom. The third-order valence-electron chi connectivity index (χ3n) is 2.81. The molecule has 0 fully saturated rings. The molecule has 1 aromatic carbocycles. The quantitative estimate of drug-likeness (QED) is 0.902. The Hall–Kier alpha value is -1.72. The summed E-state index contributed by atoms with van der Waals surface area (Å²) >= 11 is 1.31. The number of aliphatic hydroxyl groups is 1. The van der Waals surface area contributed by atoms with E-state index >= 15 is 0 Å². The van der Waals surface area contributed by atoms with Gasteiger partial charge in [0.15, 0.2) is 5.13 Å². The predicted molar refractivity (Wildman–Crippen MR) is 76.5 cm³/mol. The van der Waals surface area contributed by atoms with Crippen molar-refractivity contribution in [3.05, 3.63) is 46.5 Å². The van der Waals surface area contributed by atoms with Crippen molar-refractivity contribution in [2.75, 3.05) is 5.32 Å². The Kier molecular flexibility index (Phi) is 4.29. The van der Waals surface area contributed by atoms with Gasteiger partial charge < -0.3 is 5.11 Å². The van der Waals surface area contributed by atoms with Crippen LogP contribution < -0.4 is 5.32 Å². The maximum Gasteiger partial charge on any atom is 0.257 e. The van der Waals surface area contributed by atoms with Gasteiger partial charge in [0.25, 0.3) is 5.91 Å². The van der Waals surface area contributed by atoms with E-state index in [-0.39, 0.29) is 5.91 Å². The van der Waals surface area contributed by atoms with E-state index in [1.54, 1.807) is 18.4 Å². The number of thiazole rings is 1. The molecule has 2 N–H and O–H groups in total. The first-order valence-electron chi connectivity index (χ1n) is 6.14. The van der Waals surface area contributed by atoms with E-state index in [0.717, 1.165) is 12.0 Å². The first kappa shape index (κ1) is 13.7. The molecule has 100 valence electrons. The van der Waals surface area contributed by atoms with E-state index in [4.69, 9.17) is 0 Å². The molecular weight excluding hydrogens is 260 g/mol. The van der Waals surface area contributed by atoms with Crippen LogP contribution >= 0.6 is 11.3 Å². The number of anilines is 1. The lowest BCUT2D eigenvalue weighted by Gasteiger charge is -2.06. The number of hydrogen-bond donors (Lipinski definition) is 2. The van der Waals surface area contributed by atoms with Crippen molar-refractivity contribution in [1.82, 2.24) is 4.98 Å². The minimum absolute atomic E-state index is 0.163. The lowest BCUT2D eigenvalue weighted by atomic mass is 10.1. The van der Waals surface area contributed by atoms with Crippen LogP contribution in [0.4, 0.5) is 5.13 Å². The minimum Gasteiger partial charge on any atom is -0.387 e. The molecule has 0 saturated heterocycles. The number of carbonyl (C=O) groups excluding carboxylic acids is 1. The lowest BCUT2D eigenvalue weighted by molar-refractivity contribution is 0.102. The molecular formula is C14H16N2O2S. The maximum absolute atomic E-state index is 12.2. The molecule has 1 unspecified atom stereocenters. The Morgan fingerprint density at radius 1 is 1.47 bits per heavy atom. The van der Waals surface area contributed by atoms with Crippen molar-refractivity contribution in [3.8, 4) is 0 Å². The smallest absolute Gasteiger partial charge is 0.257 e. The Bertz CT molecular complexity index is 578. The second-order valence-electron chi connectivity index (χ2n) is 4.22. The number of benzene rings is 1. The van der Waals surface area contributed by atoms with Crippen LogP contribution in [0.15, 0.2) is 29.6 Å². The molecule has 1 amide bonds. The van der Waals surface area contributed by atoms with Gasteiger partial charge in [-0.05, 0) is 25.0 Å². The average molecular weight is 276 g/mol. The van der Waals surface area contributed by atoms with Gasteiger partial charge in [0.1, 0.15) is 0 Å². The molecule has 2 aromatic rings. The van der Waals surface area contributed by atoms with Crippen LogP contribution in [-0.2, 0) is 6.42 Å². The summed E-state index contributed by atoms with van der Waals surface area (Å²) in [6.45, 7) is 3.66. The van der Waals surface area contributed by atoms with Crippen molar-refractivity contribution in [2.24, 2.45) is 0 Å². The number of aromatic nitrogens is 1. The van der Waals surface area contributed by atoms with Crippen molar-refractivity contribution < 1.29 is 9.90 Å². The largest absolute Gasteiger partial charge is 0.387 e. The van der Waals surface area contributed by atoms with Crippen LogP contribution in [0.1, 0.15) is 41.6 Å². The molecule has 0 spiro atoms. The third-order valence-corrected chi connectivity index (χ3v) is 3.59. The fourth-order valence-corrected chi connectivity index (χ4v) is 2.54. The zero-order valence-corrected chi connectivity index (χ0v) is 11.7. The number of aliphatic hydroxyl groups excluding tert-OH is 1. The van der Waals surface area contributed by atoms with Gasteiger partial charge in [0.05, 0.1) is 11.8 Å². The van der Waals surface area contributed by atoms with Crippen LogP contribution in [0.2, 0.25) is 0 Å². The molecule has 0 aliphatic carbocycles. The Balaban J connectivity index is 2.16. The highest BCUT2D eigenvalue weighted by atomic mass is 32.1. The van der Waals surface area contributed by atoms with Gasteiger partial charge in [-0.3, -0.25) is 10.1 Å². The summed E-state index contributed by atoms with van der Waals surface area (Å²) in [7, 11) is 0. The Morgan fingerprint density at radius 3 is 2.84 bits per heavy atom. The molecule has 0 radical (unpaired) electrons. The summed E-state index contributed by atoms with van der Waals surface area (Å²) in [5.41, 5.74) is 2.25. The number of rotatable bonds is 4. The number of nitrogens with zero attached hydrogens (tertiary/aromatic N) is 1. The highest BCUT2D eigenvalue weighted by molar-refractivity contribution is 7.14. The molecule has 1 aromatic heterocycles. The van der Waals surface area contributed by atoms with Crippen LogP contribution in [0, 0.1) is 0 Å². The molecule has 0 aliphatic heterocycles. The summed E-state index contributed by atoms with van der Waals surface area (Å²) in [4.78, 5) is 16.3. The molecule has 1 atom stereocenters. The standard InChI is InChI=1S/C14H16N2O2S/c1-3-10-6-4-5-7-11(10)13(18)16-14-15-12(8-19-14)9(2)17/h4-9,17H,3H2,1-2H3,(H,15,16,18). The SMILES string of the molecule is CCc1ccccc1C(=O)Nc1nc(C(C)O)cs1. The summed E-state index contributed by atoms with van der Waals surface area (Å²) in [5, 5.41) is 14.4. The number of carbonyl (C=O) groups is 1. The van der Waals surface area contributed by atoms with Gasteiger partial charge in [-0.2, -0.15) is 0 Å². The van der Waals surface area contributed by atoms with Crippen LogP contribution in [-0.4, -0.2) is 16.0 Å². The minimum atomic E-state index is -0.621. The molecule has 5 heteroatoms. The first-order valence-corrected chi connectivity index (χ1v) is 7.02. The zero-order valence-electron chi connectivity index (χ0n) is 10.9. The van der Waals surface area contributed by atoms with Crippen molar-refractivity contribution >= 4 is 22.4 Å². The molecule has 0 aliphatic rings. The van der Waals surface area contributed by atoms with Crippen LogP contribution in [0.25, 0.3) is 0 Å². The maximum atomic E-state index is 12.2. The monoisotopic (exact) mass is 276 g/mol. The van der Waals surface area contributed by atoms with E-state index in [2.05, 4.69) is 10.3 Å². The van der Waals surface area contributed by atoms with Gasteiger partial charge in [0, 0.05) is 10.9 Å². The summed E-state index contributed by atoms with van der Waals surface area (Å²) in [5.74, 6) is -0.163. The number of amides is 1. The van der Waals surface area contributed by atoms with Crippen molar-refractivity contribution in [3.63, 3.8) is 0 Å². The highest BCUT2D eigenvalue weighted by Crippen LogP contribution is 2.21. The van der Waals surface area contributed by atoms with Crippen molar-refractivity contribution in [1.29, 1.82) is 0 Å². The normalized spacial score (nSPS) is 12.2. The van der Waals surface area contributed by atoms with Gasteiger partial charge >= 0.3 is 0 Å². The molecule has 1 heterocycles. The fraction of sp³-hybridized carbons (Fsp3) is 0.286. The number of nitrogens with one attached hydrogen (secondary N) is 1. The molecule has 0 bridgehead atoms. The predicted octanol–water partition coefficient (Wildman–Crippen LogP) is 3.01. The first-order chi connectivity index (χ1) is 9.11. The van der Waals surface area contributed by atoms with Gasteiger partial charge in [-0.15, -0.1) is 11.3 Å². The molecule has 2 rings (SSSR count). The molecule has 0 saturated carbocycles. The van der Waals surface area contributed by atoms with E-state index in [0.29, 0.717) is 16.4 Å². The van der Waals surface area contributed by atoms with E-state index in [9.17, 15) is 9.90 Å².